The molecule has 0 aromatic heterocycles. The van der Waals surface area contributed by atoms with Gasteiger partial charge >= 0.3 is 0 Å². The fourth-order valence-electron chi connectivity index (χ4n) is 2.96. The molecule has 2 aliphatic heterocycles. The highest BCUT2D eigenvalue weighted by Crippen LogP contribution is 2.31. The van der Waals surface area contributed by atoms with Crippen LogP contribution in [0.15, 0.2) is 0 Å². The van der Waals surface area contributed by atoms with E-state index in [1.54, 1.807) is 0 Å². The van der Waals surface area contributed by atoms with Gasteiger partial charge in [-0.3, -0.25) is 9.80 Å². The molecule has 0 aromatic carbocycles. The third kappa shape index (κ3) is 2.18. The van der Waals surface area contributed by atoms with Crippen LogP contribution in [0.1, 0.15) is 34.1 Å². The predicted octanol–water partition coefficient (Wildman–Crippen LogP) is 1.90. The van der Waals surface area contributed by atoms with E-state index in [-0.39, 0.29) is 5.54 Å². The van der Waals surface area contributed by atoms with E-state index in [4.69, 9.17) is 0 Å². The Morgan fingerprint density at radius 1 is 1.13 bits per heavy atom. The Morgan fingerprint density at radius 2 is 1.73 bits per heavy atom. The summed E-state index contributed by atoms with van der Waals surface area (Å²) in [6.45, 7) is 11.5. The van der Waals surface area contributed by atoms with Crippen molar-refractivity contribution in [2.45, 2.75) is 57.9 Å². The number of nitrogens with zero attached hydrogens (tertiary/aromatic N) is 2. The molecule has 2 rings (SSSR count). The lowest BCUT2D eigenvalue weighted by molar-refractivity contribution is 0.0261. The maximum atomic E-state index is 12.8. The second-order valence-corrected chi connectivity index (χ2v) is 6.11. The zero-order chi connectivity index (χ0) is 11.2. The minimum Gasteiger partial charge on any atom is -0.294 e. The van der Waals surface area contributed by atoms with Gasteiger partial charge in [-0.25, -0.2) is 4.39 Å². The van der Waals surface area contributed by atoms with Crippen LogP contribution in [0.2, 0.25) is 0 Å². The fourth-order valence-corrected chi connectivity index (χ4v) is 2.96. The molecule has 3 heteroatoms. The molecule has 2 aliphatic rings. The number of rotatable bonds is 1. The van der Waals surface area contributed by atoms with Gasteiger partial charge in [0.1, 0.15) is 6.17 Å². The molecule has 2 atom stereocenters. The van der Waals surface area contributed by atoms with Crippen molar-refractivity contribution in [2.24, 2.45) is 0 Å². The fraction of sp³-hybridized carbons (Fsp3) is 1.00. The van der Waals surface area contributed by atoms with Crippen LogP contribution in [0.4, 0.5) is 4.39 Å². The summed E-state index contributed by atoms with van der Waals surface area (Å²) in [7, 11) is 0. The van der Waals surface area contributed by atoms with Crippen LogP contribution < -0.4 is 0 Å². The monoisotopic (exact) mass is 214 g/mol. The molecule has 2 nitrogen and oxygen atoms in total. The molecule has 0 saturated carbocycles. The van der Waals surface area contributed by atoms with Gasteiger partial charge in [-0.2, -0.15) is 0 Å². The molecule has 2 saturated heterocycles. The highest BCUT2D eigenvalue weighted by atomic mass is 19.1. The Labute approximate surface area is 92.4 Å². The zero-order valence-electron chi connectivity index (χ0n) is 10.3. The van der Waals surface area contributed by atoms with Gasteiger partial charge in [0.15, 0.2) is 0 Å². The summed E-state index contributed by atoms with van der Waals surface area (Å²) in [6, 6.07) is 1.22. The molecule has 0 spiro atoms. The topological polar surface area (TPSA) is 6.48 Å². The van der Waals surface area contributed by atoms with Crippen LogP contribution in [0.5, 0.6) is 0 Å². The van der Waals surface area contributed by atoms with Crippen LogP contribution in [-0.2, 0) is 0 Å². The molecule has 15 heavy (non-hydrogen) atoms. The summed E-state index contributed by atoms with van der Waals surface area (Å²) in [4.78, 5) is 4.84. The van der Waals surface area contributed by atoms with Crippen molar-refractivity contribution >= 4 is 0 Å². The average Bonchev–Trinajstić information content (AvgIpc) is 2.40. The Kier molecular flexibility index (Phi) is 2.80. The normalized spacial score (nSPS) is 35.8. The van der Waals surface area contributed by atoms with Crippen molar-refractivity contribution in [3.63, 3.8) is 0 Å². The minimum atomic E-state index is -0.566. The van der Waals surface area contributed by atoms with E-state index >= 15 is 0 Å². The van der Waals surface area contributed by atoms with Gasteiger partial charge in [-0.1, -0.05) is 0 Å². The van der Waals surface area contributed by atoms with E-state index < -0.39 is 6.17 Å². The Balaban J connectivity index is 1.92. The van der Waals surface area contributed by atoms with Crippen molar-refractivity contribution in [3.05, 3.63) is 0 Å². The van der Waals surface area contributed by atoms with Crippen molar-refractivity contribution < 1.29 is 4.39 Å². The number of alkyl halides is 1. The second kappa shape index (κ2) is 3.70. The van der Waals surface area contributed by atoms with Crippen LogP contribution in [0.3, 0.4) is 0 Å². The molecule has 88 valence electrons. The standard InChI is InChI=1S/C12H23FN2/c1-9-5-11(14-6-10(13)7-14)8-15(9)12(2,3)4/h9-11H,5-8H2,1-4H3. The quantitative estimate of drug-likeness (QED) is 0.658. The first-order valence-corrected chi connectivity index (χ1v) is 6.03. The lowest BCUT2D eigenvalue weighted by Gasteiger charge is -2.40. The molecule has 2 unspecified atom stereocenters. The summed E-state index contributed by atoms with van der Waals surface area (Å²) < 4.78 is 12.8. The number of hydrogen-bond donors (Lipinski definition) is 0. The van der Waals surface area contributed by atoms with Gasteiger partial charge in [0.05, 0.1) is 0 Å². The van der Waals surface area contributed by atoms with Crippen molar-refractivity contribution in [1.29, 1.82) is 0 Å². The van der Waals surface area contributed by atoms with E-state index in [2.05, 4.69) is 37.5 Å². The maximum absolute atomic E-state index is 12.8. The largest absolute Gasteiger partial charge is 0.294 e. The molecule has 0 aliphatic carbocycles. The molecular weight excluding hydrogens is 191 g/mol. The van der Waals surface area contributed by atoms with Crippen LogP contribution in [0.25, 0.3) is 0 Å². The smallest absolute Gasteiger partial charge is 0.125 e. The summed E-state index contributed by atoms with van der Waals surface area (Å²) in [6.07, 6.45) is 0.633. The molecule has 0 bridgehead atoms. The molecule has 0 aromatic rings. The van der Waals surface area contributed by atoms with Crippen molar-refractivity contribution in [2.75, 3.05) is 19.6 Å². The summed E-state index contributed by atoms with van der Waals surface area (Å²) in [5.41, 5.74) is 0.244. The second-order valence-electron chi connectivity index (χ2n) is 6.11. The average molecular weight is 214 g/mol. The summed E-state index contributed by atoms with van der Waals surface area (Å²) >= 11 is 0. The van der Waals surface area contributed by atoms with E-state index in [9.17, 15) is 4.39 Å². The number of likely N-dealkylation sites (tertiary alicyclic amines) is 2. The molecule has 2 heterocycles. The van der Waals surface area contributed by atoms with Gasteiger partial charge in [0.25, 0.3) is 0 Å². The molecule has 0 N–H and O–H groups in total. The lowest BCUT2D eigenvalue weighted by atomic mass is 10.1. The first-order valence-electron chi connectivity index (χ1n) is 6.03. The van der Waals surface area contributed by atoms with E-state index in [1.807, 2.05) is 0 Å². The molecular formula is C12H23FN2. The van der Waals surface area contributed by atoms with Gasteiger partial charge in [0.2, 0.25) is 0 Å². The first-order chi connectivity index (χ1) is 6.88. The third-order valence-electron chi connectivity index (χ3n) is 3.80. The Morgan fingerprint density at radius 3 is 2.13 bits per heavy atom. The Hall–Kier alpha value is -0.150. The van der Waals surface area contributed by atoms with Gasteiger partial charge < -0.3 is 0 Å². The molecule has 2 fully saturated rings. The third-order valence-corrected chi connectivity index (χ3v) is 3.80. The van der Waals surface area contributed by atoms with Crippen molar-refractivity contribution in [3.8, 4) is 0 Å². The first kappa shape index (κ1) is 11.3. The van der Waals surface area contributed by atoms with Crippen LogP contribution >= 0.6 is 0 Å². The zero-order valence-corrected chi connectivity index (χ0v) is 10.3. The predicted molar refractivity (Wildman–Crippen MR) is 60.8 cm³/mol. The van der Waals surface area contributed by atoms with Crippen LogP contribution in [0, 0.1) is 0 Å². The lowest BCUT2D eigenvalue weighted by Crippen LogP contribution is -2.54. The molecule has 0 radical (unpaired) electrons. The number of hydrogen-bond acceptors (Lipinski definition) is 2. The Bertz CT molecular complexity index is 230. The maximum Gasteiger partial charge on any atom is 0.125 e. The van der Waals surface area contributed by atoms with E-state index in [0.29, 0.717) is 25.2 Å². The highest BCUT2D eigenvalue weighted by Gasteiger charge is 2.41. The van der Waals surface area contributed by atoms with Crippen molar-refractivity contribution in [1.82, 2.24) is 9.80 Å². The SMILES string of the molecule is CC1CC(N2CC(F)C2)CN1C(C)(C)C. The molecule has 0 amide bonds. The van der Waals surface area contributed by atoms with Gasteiger partial charge in [0, 0.05) is 37.3 Å². The number of halogens is 1. The summed E-state index contributed by atoms with van der Waals surface area (Å²) in [5.74, 6) is 0. The minimum absolute atomic E-state index is 0.244. The van der Waals surface area contributed by atoms with E-state index in [1.165, 1.54) is 6.42 Å². The van der Waals surface area contributed by atoms with Crippen LogP contribution in [-0.4, -0.2) is 53.2 Å². The summed E-state index contributed by atoms with van der Waals surface area (Å²) in [5, 5.41) is 0. The van der Waals surface area contributed by atoms with Gasteiger partial charge in [-0.15, -0.1) is 0 Å². The highest BCUT2D eigenvalue weighted by molar-refractivity contribution is 4.97. The van der Waals surface area contributed by atoms with Gasteiger partial charge in [-0.05, 0) is 34.1 Å². The van der Waals surface area contributed by atoms with E-state index in [0.717, 1.165) is 6.54 Å².